The highest BCUT2D eigenvalue weighted by Crippen LogP contribution is 2.42. The maximum atomic E-state index is 11.3. The predicted molar refractivity (Wildman–Crippen MR) is 94.9 cm³/mol. The second kappa shape index (κ2) is 7.69. The molecule has 0 saturated heterocycles. The Hall–Kier alpha value is -2.04. The third-order valence-electron chi connectivity index (χ3n) is 4.23. The van der Waals surface area contributed by atoms with E-state index in [1.165, 1.54) is 0 Å². The van der Waals surface area contributed by atoms with Gasteiger partial charge in [-0.2, -0.15) is 10.5 Å². The van der Waals surface area contributed by atoms with E-state index < -0.39 is 17.4 Å². The molecule has 0 aliphatic carbocycles. The molecule has 0 heterocycles. The van der Waals surface area contributed by atoms with Crippen molar-refractivity contribution in [2.45, 2.75) is 30.8 Å². The number of rotatable bonds is 5. The molecular weight excluding hydrogens is 343 g/mol. The van der Waals surface area contributed by atoms with Crippen molar-refractivity contribution in [3.8, 4) is 12.1 Å². The van der Waals surface area contributed by atoms with E-state index in [9.17, 15) is 15.6 Å². The lowest BCUT2D eigenvalue weighted by Crippen LogP contribution is -2.41. The van der Waals surface area contributed by atoms with Gasteiger partial charge in [0.1, 0.15) is 17.4 Å². The lowest BCUT2D eigenvalue weighted by atomic mass is 9.71. The summed E-state index contributed by atoms with van der Waals surface area (Å²) < 4.78 is 0. The highest BCUT2D eigenvalue weighted by atomic mass is 35.5. The van der Waals surface area contributed by atoms with E-state index in [1.807, 2.05) is 0 Å². The van der Waals surface area contributed by atoms with Crippen LogP contribution in [-0.4, -0.2) is 10.7 Å². The average Bonchev–Trinajstić information content (AvgIpc) is 2.59. The van der Waals surface area contributed by atoms with Crippen LogP contribution in [0.15, 0.2) is 48.5 Å². The van der Waals surface area contributed by atoms with Crippen molar-refractivity contribution in [3.63, 3.8) is 0 Å². The Morgan fingerprint density at radius 1 is 0.875 bits per heavy atom. The van der Waals surface area contributed by atoms with Crippen LogP contribution in [-0.2, 0) is 0 Å². The third-order valence-corrected chi connectivity index (χ3v) is 4.73. The zero-order valence-corrected chi connectivity index (χ0v) is 14.6. The number of benzene rings is 2. The predicted octanol–water partition coefficient (Wildman–Crippen LogP) is 5.05. The van der Waals surface area contributed by atoms with Crippen molar-refractivity contribution in [3.05, 3.63) is 69.7 Å². The lowest BCUT2D eigenvalue weighted by molar-refractivity contribution is 0.0117. The van der Waals surface area contributed by atoms with Crippen LogP contribution in [0, 0.1) is 22.7 Å². The van der Waals surface area contributed by atoms with Gasteiger partial charge >= 0.3 is 0 Å². The van der Waals surface area contributed by atoms with Gasteiger partial charge in [0.05, 0.1) is 12.1 Å². The molecule has 0 spiro atoms. The van der Waals surface area contributed by atoms with E-state index in [1.54, 1.807) is 55.5 Å². The van der Waals surface area contributed by atoms with E-state index in [4.69, 9.17) is 23.2 Å². The van der Waals surface area contributed by atoms with Crippen molar-refractivity contribution < 1.29 is 5.11 Å². The first-order valence-electron chi connectivity index (χ1n) is 7.48. The van der Waals surface area contributed by atoms with Gasteiger partial charge in [0.25, 0.3) is 0 Å². The van der Waals surface area contributed by atoms with Gasteiger partial charge in [-0.05, 0) is 41.8 Å². The van der Waals surface area contributed by atoms with Crippen LogP contribution in [0.25, 0.3) is 0 Å². The highest BCUT2D eigenvalue weighted by Gasteiger charge is 2.44. The molecule has 0 fully saturated rings. The van der Waals surface area contributed by atoms with Crippen LogP contribution in [0.5, 0.6) is 0 Å². The number of nitrogens with zero attached hydrogens (tertiary/aromatic N) is 2. The molecule has 2 rings (SSSR count). The van der Waals surface area contributed by atoms with Crippen molar-refractivity contribution in [1.29, 1.82) is 10.5 Å². The summed E-state index contributed by atoms with van der Waals surface area (Å²) in [5.74, 6) is -1.72. The minimum absolute atomic E-state index is 0.245. The van der Waals surface area contributed by atoms with Crippen LogP contribution in [0.2, 0.25) is 10.0 Å². The maximum absolute atomic E-state index is 11.3. The first kappa shape index (κ1) is 18.3. The second-order valence-corrected chi connectivity index (χ2v) is 6.44. The third kappa shape index (κ3) is 3.55. The Balaban J connectivity index is 2.51. The van der Waals surface area contributed by atoms with Gasteiger partial charge in [-0.3, -0.25) is 0 Å². The number of hydrogen-bond donors (Lipinski definition) is 1. The Morgan fingerprint density at radius 3 is 1.46 bits per heavy atom. The van der Waals surface area contributed by atoms with E-state index >= 15 is 0 Å². The molecule has 122 valence electrons. The van der Waals surface area contributed by atoms with E-state index in [0.717, 1.165) is 0 Å². The van der Waals surface area contributed by atoms with Crippen LogP contribution in [0.4, 0.5) is 0 Å². The van der Waals surface area contributed by atoms with Gasteiger partial charge < -0.3 is 5.11 Å². The summed E-state index contributed by atoms with van der Waals surface area (Å²) in [6.07, 6.45) is 0.245. The first-order chi connectivity index (χ1) is 11.5. The fourth-order valence-corrected chi connectivity index (χ4v) is 3.09. The first-order valence-corrected chi connectivity index (χ1v) is 8.24. The van der Waals surface area contributed by atoms with E-state index in [0.29, 0.717) is 21.2 Å². The Kier molecular flexibility index (Phi) is 5.86. The number of aliphatic hydroxyl groups is 1. The quantitative estimate of drug-likeness (QED) is 0.812. The molecule has 3 nitrogen and oxygen atoms in total. The summed E-state index contributed by atoms with van der Waals surface area (Å²) in [6, 6.07) is 17.8. The van der Waals surface area contributed by atoms with E-state index in [-0.39, 0.29) is 6.42 Å². The van der Waals surface area contributed by atoms with Gasteiger partial charge in [0.15, 0.2) is 0 Å². The van der Waals surface area contributed by atoms with Crippen molar-refractivity contribution in [1.82, 2.24) is 0 Å². The molecule has 0 saturated carbocycles. The largest absolute Gasteiger partial charge is 0.386 e. The molecule has 0 bridgehead atoms. The van der Waals surface area contributed by atoms with Crippen molar-refractivity contribution in [2.75, 3.05) is 0 Å². The van der Waals surface area contributed by atoms with Gasteiger partial charge in [-0.25, -0.2) is 0 Å². The molecule has 2 aromatic rings. The van der Waals surface area contributed by atoms with Crippen LogP contribution >= 0.6 is 23.2 Å². The summed E-state index contributed by atoms with van der Waals surface area (Å²) in [5.41, 5.74) is -0.286. The molecule has 0 amide bonds. The van der Waals surface area contributed by atoms with E-state index in [2.05, 4.69) is 12.1 Å². The van der Waals surface area contributed by atoms with Crippen LogP contribution in [0.1, 0.15) is 36.3 Å². The SMILES string of the molecule is CCC(O)(C(C#N)c1ccc(Cl)cc1)C(C#N)c1ccc(Cl)cc1. The monoisotopic (exact) mass is 358 g/mol. The minimum atomic E-state index is -1.54. The molecule has 24 heavy (non-hydrogen) atoms. The van der Waals surface area contributed by atoms with Crippen molar-refractivity contribution >= 4 is 23.2 Å². The van der Waals surface area contributed by atoms with Gasteiger partial charge in [0.2, 0.25) is 0 Å². The van der Waals surface area contributed by atoms with Gasteiger partial charge in [-0.1, -0.05) is 54.4 Å². The Bertz CT molecular complexity index is 709. The normalized spacial score (nSPS) is 15.6. The fourth-order valence-electron chi connectivity index (χ4n) is 2.84. The van der Waals surface area contributed by atoms with Crippen LogP contribution in [0.3, 0.4) is 0 Å². The number of hydrogen-bond acceptors (Lipinski definition) is 3. The molecule has 0 aromatic heterocycles. The molecular formula is C19H16Cl2N2O. The summed E-state index contributed by atoms with van der Waals surface area (Å²) in [5, 5.41) is 31.7. The van der Waals surface area contributed by atoms with Crippen molar-refractivity contribution in [2.24, 2.45) is 0 Å². The summed E-state index contributed by atoms with van der Waals surface area (Å²) in [4.78, 5) is 0. The number of nitriles is 2. The second-order valence-electron chi connectivity index (χ2n) is 5.57. The fraction of sp³-hybridized carbons (Fsp3) is 0.263. The zero-order chi connectivity index (χ0) is 17.7. The molecule has 2 atom stereocenters. The van der Waals surface area contributed by atoms with Gasteiger partial charge in [0, 0.05) is 10.0 Å². The summed E-state index contributed by atoms with van der Waals surface area (Å²) in [6.45, 7) is 1.76. The molecule has 2 unspecified atom stereocenters. The molecule has 0 aliphatic heterocycles. The Labute approximate surface area is 151 Å². The zero-order valence-electron chi connectivity index (χ0n) is 13.1. The molecule has 2 aromatic carbocycles. The lowest BCUT2D eigenvalue weighted by Gasteiger charge is -2.35. The minimum Gasteiger partial charge on any atom is -0.386 e. The van der Waals surface area contributed by atoms with Crippen LogP contribution < -0.4 is 0 Å². The maximum Gasteiger partial charge on any atom is 0.104 e. The highest BCUT2D eigenvalue weighted by molar-refractivity contribution is 6.30. The average molecular weight is 359 g/mol. The molecule has 0 radical (unpaired) electrons. The molecule has 1 N–H and O–H groups in total. The molecule has 5 heteroatoms. The summed E-state index contributed by atoms with van der Waals surface area (Å²) in [7, 11) is 0. The standard InChI is InChI=1S/C19H16Cl2N2O/c1-2-19(24,17(11-22)13-3-7-15(20)8-4-13)18(12-23)14-5-9-16(21)10-6-14/h3-10,17-18,24H,2H2,1H3. The van der Waals surface area contributed by atoms with Gasteiger partial charge in [-0.15, -0.1) is 0 Å². The smallest absolute Gasteiger partial charge is 0.104 e. The Morgan fingerprint density at radius 2 is 1.21 bits per heavy atom. The number of halogens is 2. The summed E-state index contributed by atoms with van der Waals surface area (Å²) >= 11 is 11.8. The molecule has 0 aliphatic rings. The topological polar surface area (TPSA) is 67.8 Å².